The van der Waals surface area contributed by atoms with Crippen LogP contribution in [0.25, 0.3) is 0 Å². The molecule has 98 valence electrons. The zero-order valence-electron chi connectivity index (χ0n) is 10.8. The number of phenols is 1. The summed E-state index contributed by atoms with van der Waals surface area (Å²) in [7, 11) is 0. The van der Waals surface area contributed by atoms with Crippen LogP contribution in [0.5, 0.6) is 5.75 Å². The lowest BCUT2D eigenvalue weighted by molar-refractivity contribution is 0.213. The van der Waals surface area contributed by atoms with Gasteiger partial charge in [-0.05, 0) is 43.5 Å². The third-order valence-electron chi connectivity index (χ3n) is 3.34. The summed E-state index contributed by atoms with van der Waals surface area (Å²) in [6.45, 7) is 3.55. The minimum absolute atomic E-state index is 0.0364. The van der Waals surface area contributed by atoms with E-state index in [9.17, 15) is 9.90 Å². The Morgan fingerprint density at radius 1 is 1.22 bits per heavy atom. The number of carbonyl (C=O) groups excluding carboxylic acids is 1. The number of aromatic hydroxyl groups is 1. The van der Waals surface area contributed by atoms with Crippen LogP contribution in [0.4, 0.5) is 10.5 Å². The molecule has 0 atom stereocenters. The van der Waals surface area contributed by atoms with Gasteiger partial charge in [-0.1, -0.05) is 12.8 Å². The van der Waals surface area contributed by atoms with Crippen molar-refractivity contribution in [2.45, 2.75) is 32.6 Å². The Kier molecular flexibility index (Phi) is 4.07. The van der Waals surface area contributed by atoms with Crippen molar-refractivity contribution in [2.24, 2.45) is 0 Å². The summed E-state index contributed by atoms with van der Waals surface area (Å²) < 4.78 is 0. The third-order valence-corrected chi connectivity index (χ3v) is 3.34. The highest BCUT2D eigenvalue weighted by Crippen LogP contribution is 2.21. The molecule has 2 rings (SSSR count). The number of nitrogens with zero attached hydrogens (tertiary/aromatic N) is 1. The van der Waals surface area contributed by atoms with Gasteiger partial charge in [0.05, 0.1) is 0 Å². The van der Waals surface area contributed by atoms with E-state index in [1.807, 2.05) is 11.8 Å². The highest BCUT2D eigenvalue weighted by atomic mass is 16.3. The topological polar surface area (TPSA) is 52.6 Å². The standard InChI is InChI=1S/C14H20N2O2/c1-11-10-12(17)6-7-13(11)15-14(18)16-8-4-2-3-5-9-16/h6-7,10,17H,2-5,8-9H2,1H3,(H,15,18). The molecule has 2 N–H and O–H groups in total. The predicted octanol–water partition coefficient (Wildman–Crippen LogP) is 3.11. The summed E-state index contributed by atoms with van der Waals surface area (Å²) >= 11 is 0. The Labute approximate surface area is 108 Å². The summed E-state index contributed by atoms with van der Waals surface area (Å²) in [6.07, 6.45) is 4.59. The highest BCUT2D eigenvalue weighted by molar-refractivity contribution is 5.90. The van der Waals surface area contributed by atoms with E-state index in [1.54, 1.807) is 18.2 Å². The van der Waals surface area contributed by atoms with Gasteiger partial charge in [-0.2, -0.15) is 0 Å². The number of phenolic OH excluding ortho intramolecular Hbond substituents is 1. The molecule has 0 aliphatic carbocycles. The third kappa shape index (κ3) is 3.15. The second-order valence-corrected chi connectivity index (χ2v) is 4.83. The maximum atomic E-state index is 12.1. The number of benzene rings is 1. The van der Waals surface area contributed by atoms with Crippen LogP contribution in [0, 0.1) is 6.92 Å². The number of urea groups is 1. The SMILES string of the molecule is Cc1cc(O)ccc1NC(=O)N1CCCCCC1. The van der Waals surface area contributed by atoms with Crippen LogP contribution in [0.1, 0.15) is 31.2 Å². The van der Waals surface area contributed by atoms with Crippen molar-refractivity contribution in [3.8, 4) is 5.75 Å². The first-order valence-corrected chi connectivity index (χ1v) is 6.52. The quantitative estimate of drug-likeness (QED) is 0.750. The molecule has 1 fully saturated rings. The number of hydrogen-bond acceptors (Lipinski definition) is 2. The fraction of sp³-hybridized carbons (Fsp3) is 0.500. The second-order valence-electron chi connectivity index (χ2n) is 4.83. The van der Waals surface area contributed by atoms with Crippen LogP contribution in [0.2, 0.25) is 0 Å². The van der Waals surface area contributed by atoms with E-state index in [0.717, 1.165) is 37.2 Å². The van der Waals surface area contributed by atoms with Crippen molar-refractivity contribution in [2.75, 3.05) is 18.4 Å². The Hall–Kier alpha value is -1.71. The molecule has 1 aliphatic heterocycles. The van der Waals surface area contributed by atoms with Crippen LogP contribution >= 0.6 is 0 Å². The van der Waals surface area contributed by atoms with Crippen LogP contribution in [-0.4, -0.2) is 29.1 Å². The lowest BCUT2D eigenvalue weighted by Gasteiger charge is -2.21. The molecule has 1 aromatic rings. The largest absolute Gasteiger partial charge is 0.508 e. The van der Waals surface area contributed by atoms with Gasteiger partial charge in [-0.25, -0.2) is 4.79 Å². The lowest BCUT2D eigenvalue weighted by atomic mass is 10.2. The van der Waals surface area contributed by atoms with Crippen LogP contribution in [-0.2, 0) is 0 Å². The van der Waals surface area contributed by atoms with Gasteiger partial charge < -0.3 is 15.3 Å². The molecule has 18 heavy (non-hydrogen) atoms. The van der Waals surface area contributed by atoms with Gasteiger partial charge in [0.15, 0.2) is 0 Å². The first-order valence-electron chi connectivity index (χ1n) is 6.52. The van der Waals surface area contributed by atoms with Crippen molar-refractivity contribution < 1.29 is 9.90 Å². The maximum Gasteiger partial charge on any atom is 0.321 e. The molecule has 1 aromatic carbocycles. The van der Waals surface area contributed by atoms with Crippen LogP contribution in [0.15, 0.2) is 18.2 Å². The van der Waals surface area contributed by atoms with E-state index in [4.69, 9.17) is 0 Å². The van der Waals surface area contributed by atoms with Crippen molar-refractivity contribution in [3.63, 3.8) is 0 Å². The number of aryl methyl sites for hydroxylation is 1. The zero-order chi connectivity index (χ0) is 13.0. The van der Waals surface area contributed by atoms with E-state index in [0.29, 0.717) is 0 Å². The molecule has 1 saturated heterocycles. The molecule has 0 radical (unpaired) electrons. The molecule has 1 aliphatic rings. The Morgan fingerprint density at radius 3 is 2.50 bits per heavy atom. The van der Waals surface area contributed by atoms with Crippen molar-refractivity contribution in [3.05, 3.63) is 23.8 Å². The molecule has 0 bridgehead atoms. The molecule has 4 heteroatoms. The number of hydrogen-bond donors (Lipinski definition) is 2. The van der Waals surface area contributed by atoms with Crippen LogP contribution in [0.3, 0.4) is 0 Å². The number of carbonyl (C=O) groups is 1. The molecule has 0 saturated carbocycles. The molecule has 2 amide bonds. The zero-order valence-corrected chi connectivity index (χ0v) is 10.8. The van der Waals surface area contributed by atoms with Gasteiger partial charge in [0.25, 0.3) is 0 Å². The molecule has 0 aromatic heterocycles. The molecule has 0 spiro atoms. The van der Waals surface area contributed by atoms with Gasteiger partial charge in [-0.15, -0.1) is 0 Å². The molecular formula is C14H20N2O2. The van der Waals surface area contributed by atoms with Gasteiger partial charge in [0.2, 0.25) is 0 Å². The minimum atomic E-state index is -0.0364. The number of amides is 2. The number of anilines is 1. The average molecular weight is 248 g/mol. The Bertz CT molecular complexity index is 424. The highest BCUT2D eigenvalue weighted by Gasteiger charge is 2.15. The van der Waals surface area contributed by atoms with Gasteiger partial charge in [-0.3, -0.25) is 0 Å². The van der Waals surface area contributed by atoms with Crippen molar-refractivity contribution >= 4 is 11.7 Å². The summed E-state index contributed by atoms with van der Waals surface area (Å²) in [5.41, 5.74) is 1.64. The predicted molar refractivity (Wildman–Crippen MR) is 71.9 cm³/mol. The Balaban J connectivity index is 2.01. The summed E-state index contributed by atoms with van der Waals surface area (Å²) in [6, 6.07) is 4.94. The van der Waals surface area contributed by atoms with Gasteiger partial charge in [0.1, 0.15) is 5.75 Å². The van der Waals surface area contributed by atoms with E-state index in [2.05, 4.69) is 5.32 Å². The van der Waals surface area contributed by atoms with Crippen LogP contribution < -0.4 is 5.32 Å². The lowest BCUT2D eigenvalue weighted by Crippen LogP contribution is -2.35. The molecule has 1 heterocycles. The van der Waals surface area contributed by atoms with Crippen molar-refractivity contribution in [1.29, 1.82) is 0 Å². The normalized spacial score (nSPS) is 16.2. The number of likely N-dealkylation sites (tertiary alicyclic amines) is 1. The first-order chi connectivity index (χ1) is 8.66. The van der Waals surface area contributed by atoms with Gasteiger partial charge in [0, 0.05) is 18.8 Å². The summed E-state index contributed by atoms with van der Waals surface area (Å²) in [4.78, 5) is 14.0. The number of rotatable bonds is 1. The Morgan fingerprint density at radius 2 is 1.89 bits per heavy atom. The monoisotopic (exact) mass is 248 g/mol. The second kappa shape index (κ2) is 5.76. The summed E-state index contributed by atoms with van der Waals surface area (Å²) in [5, 5.41) is 12.2. The smallest absolute Gasteiger partial charge is 0.321 e. The van der Waals surface area contributed by atoms with E-state index < -0.39 is 0 Å². The van der Waals surface area contributed by atoms with E-state index in [1.165, 1.54) is 12.8 Å². The fourth-order valence-corrected chi connectivity index (χ4v) is 2.26. The van der Waals surface area contributed by atoms with Crippen molar-refractivity contribution in [1.82, 2.24) is 4.90 Å². The number of nitrogens with one attached hydrogen (secondary N) is 1. The fourth-order valence-electron chi connectivity index (χ4n) is 2.26. The minimum Gasteiger partial charge on any atom is -0.508 e. The molecule has 0 unspecified atom stereocenters. The van der Waals surface area contributed by atoms with Gasteiger partial charge >= 0.3 is 6.03 Å². The molecule has 4 nitrogen and oxygen atoms in total. The molecular weight excluding hydrogens is 228 g/mol. The average Bonchev–Trinajstić information content (AvgIpc) is 2.61. The first kappa shape index (κ1) is 12.7. The maximum absolute atomic E-state index is 12.1. The van der Waals surface area contributed by atoms with E-state index >= 15 is 0 Å². The van der Waals surface area contributed by atoms with E-state index in [-0.39, 0.29) is 11.8 Å². The summed E-state index contributed by atoms with van der Waals surface area (Å²) in [5.74, 6) is 0.222.